The van der Waals surface area contributed by atoms with Crippen molar-refractivity contribution in [3.63, 3.8) is 0 Å². The molecule has 0 fully saturated rings. The van der Waals surface area contributed by atoms with Crippen molar-refractivity contribution in [1.82, 2.24) is 4.98 Å². The number of H-pyrrole nitrogens is 1. The molecule has 1 aliphatic rings. The number of benzene rings is 1. The first-order valence-electron chi connectivity index (χ1n) is 6.16. The summed E-state index contributed by atoms with van der Waals surface area (Å²) in [6.45, 7) is 0.359. The van der Waals surface area contributed by atoms with Crippen LogP contribution in [0, 0.1) is 0 Å². The van der Waals surface area contributed by atoms with Gasteiger partial charge in [0.25, 0.3) is 10.0 Å². The number of para-hydroxylation sites is 1. The molecule has 0 saturated heterocycles. The predicted molar refractivity (Wildman–Crippen MR) is 79.4 cm³/mol. The number of rotatable bonds is 3. The number of fused-ring (bicyclic) bond motifs is 1. The quantitative estimate of drug-likeness (QED) is 0.901. The van der Waals surface area contributed by atoms with Gasteiger partial charge in [0, 0.05) is 23.4 Å². The molecule has 8 heteroatoms. The molecule has 6 nitrogen and oxygen atoms in total. The first kappa shape index (κ1) is 14.0. The highest BCUT2D eigenvalue weighted by Gasteiger charge is 2.30. The van der Waals surface area contributed by atoms with E-state index in [0.29, 0.717) is 18.0 Å². The number of carbonyl (C=O) groups is 1. The minimum absolute atomic E-state index is 0.0402. The van der Waals surface area contributed by atoms with Crippen molar-refractivity contribution in [3.05, 3.63) is 42.2 Å². The number of nitrogens with one attached hydrogen (secondary N) is 1. The van der Waals surface area contributed by atoms with Crippen molar-refractivity contribution in [1.29, 1.82) is 0 Å². The Morgan fingerprint density at radius 2 is 2.10 bits per heavy atom. The zero-order chi connectivity index (χ0) is 15.0. The predicted octanol–water partition coefficient (Wildman–Crippen LogP) is 2.01. The Hall–Kier alpha value is -1.93. The number of aromatic nitrogens is 1. The standard InChI is InChI=1S/C13H12N2O4S2/c16-13(17)10-7-9(8-14-10)21(18,19)15-5-6-20-12-4-2-1-3-11(12)15/h1-4,7-8,14H,5-6H2,(H,16,17). The van der Waals surface area contributed by atoms with Crippen LogP contribution in [-0.2, 0) is 10.0 Å². The molecule has 0 saturated carbocycles. The van der Waals surface area contributed by atoms with Gasteiger partial charge in [-0.05, 0) is 18.2 Å². The molecule has 0 bridgehead atoms. The SMILES string of the molecule is O=C(O)c1cc(S(=O)(=O)N2CCSc3ccccc32)c[nH]1. The number of sulfonamides is 1. The topological polar surface area (TPSA) is 90.5 Å². The molecule has 0 spiro atoms. The first-order chi connectivity index (χ1) is 10.00. The van der Waals surface area contributed by atoms with E-state index in [-0.39, 0.29) is 10.6 Å². The lowest BCUT2D eigenvalue weighted by Gasteiger charge is -2.29. The summed E-state index contributed by atoms with van der Waals surface area (Å²) in [5, 5.41) is 8.89. The van der Waals surface area contributed by atoms with Crippen LogP contribution in [0.1, 0.15) is 10.5 Å². The lowest BCUT2D eigenvalue weighted by atomic mass is 10.3. The Morgan fingerprint density at radius 1 is 1.33 bits per heavy atom. The molecule has 1 aromatic carbocycles. The van der Waals surface area contributed by atoms with E-state index in [2.05, 4.69) is 4.98 Å². The monoisotopic (exact) mass is 324 g/mol. The normalized spacial score (nSPS) is 14.8. The largest absolute Gasteiger partial charge is 0.477 e. The van der Waals surface area contributed by atoms with Gasteiger partial charge >= 0.3 is 5.97 Å². The second-order valence-corrected chi connectivity index (χ2v) is 7.45. The van der Waals surface area contributed by atoms with Crippen LogP contribution >= 0.6 is 11.8 Å². The second kappa shape index (κ2) is 5.12. The lowest BCUT2D eigenvalue weighted by molar-refractivity contribution is 0.0691. The molecule has 0 aliphatic carbocycles. The van der Waals surface area contributed by atoms with E-state index in [9.17, 15) is 13.2 Å². The second-order valence-electron chi connectivity index (χ2n) is 4.45. The Labute approximate surface area is 125 Å². The molecule has 0 radical (unpaired) electrons. The number of anilines is 1. The fourth-order valence-electron chi connectivity index (χ4n) is 2.17. The number of thioether (sulfide) groups is 1. The molecule has 1 aliphatic heterocycles. The van der Waals surface area contributed by atoms with E-state index in [4.69, 9.17) is 5.11 Å². The zero-order valence-electron chi connectivity index (χ0n) is 10.8. The number of nitrogens with zero attached hydrogens (tertiary/aromatic N) is 1. The van der Waals surface area contributed by atoms with Gasteiger partial charge in [-0.15, -0.1) is 11.8 Å². The Morgan fingerprint density at radius 3 is 2.81 bits per heavy atom. The van der Waals surface area contributed by atoms with Gasteiger partial charge in [-0.1, -0.05) is 12.1 Å². The van der Waals surface area contributed by atoms with Gasteiger partial charge in [0.1, 0.15) is 10.6 Å². The van der Waals surface area contributed by atoms with Crippen LogP contribution in [0.2, 0.25) is 0 Å². The summed E-state index contributed by atoms with van der Waals surface area (Å²) in [5.74, 6) is -0.530. The molecular formula is C13H12N2O4S2. The molecular weight excluding hydrogens is 312 g/mol. The summed E-state index contributed by atoms with van der Waals surface area (Å²) >= 11 is 1.61. The summed E-state index contributed by atoms with van der Waals surface area (Å²) < 4.78 is 26.7. The van der Waals surface area contributed by atoms with Crippen molar-refractivity contribution in [2.24, 2.45) is 0 Å². The third-order valence-electron chi connectivity index (χ3n) is 3.16. The molecule has 1 aromatic heterocycles. The van der Waals surface area contributed by atoms with Crippen LogP contribution in [0.25, 0.3) is 0 Å². The maximum Gasteiger partial charge on any atom is 0.352 e. The Balaban J connectivity index is 2.05. The molecule has 2 heterocycles. The van der Waals surface area contributed by atoms with Gasteiger partial charge in [-0.25, -0.2) is 13.2 Å². The maximum atomic E-state index is 12.7. The van der Waals surface area contributed by atoms with Gasteiger partial charge in [-0.2, -0.15) is 0 Å². The maximum absolute atomic E-state index is 12.7. The van der Waals surface area contributed by atoms with E-state index in [1.807, 2.05) is 12.1 Å². The third kappa shape index (κ3) is 2.40. The molecule has 0 amide bonds. The van der Waals surface area contributed by atoms with Gasteiger partial charge < -0.3 is 10.1 Å². The molecule has 21 heavy (non-hydrogen) atoms. The van der Waals surface area contributed by atoms with Crippen molar-refractivity contribution in [2.75, 3.05) is 16.6 Å². The zero-order valence-corrected chi connectivity index (χ0v) is 12.4. The van der Waals surface area contributed by atoms with E-state index < -0.39 is 16.0 Å². The van der Waals surface area contributed by atoms with Crippen LogP contribution in [0.5, 0.6) is 0 Å². The van der Waals surface area contributed by atoms with E-state index in [0.717, 1.165) is 11.0 Å². The van der Waals surface area contributed by atoms with Gasteiger partial charge in [0.2, 0.25) is 0 Å². The first-order valence-corrected chi connectivity index (χ1v) is 8.59. The Kier molecular flexibility index (Phi) is 3.42. The summed E-state index contributed by atoms with van der Waals surface area (Å²) in [5.41, 5.74) is 0.486. The van der Waals surface area contributed by atoms with Gasteiger partial charge in [0.05, 0.1) is 5.69 Å². The Bertz CT molecular complexity index is 798. The molecule has 0 unspecified atom stereocenters. The van der Waals surface area contributed by atoms with Gasteiger partial charge in [0.15, 0.2) is 0 Å². The molecule has 110 valence electrons. The minimum Gasteiger partial charge on any atom is -0.477 e. The number of carboxylic acids is 1. The summed E-state index contributed by atoms with van der Waals surface area (Å²) in [6, 6.07) is 8.42. The van der Waals surface area contributed by atoms with Crippen molar-refractivity contribution < 1.29 is 18.3 Å². The molecule has 2 N–H and O–H groups in total. The summed E-state index contributed by atoms with van der Waals surface area (Å²) in [7, 11) is -3.76. The lowest BCUT2D eigenvalue weighted by Crippen LogP contribution is -2.35. The summed E-state index contributed by atoms with van der Waals surface area (Å²) in [6.07, 6.45) is 1.21. The third-order valence-corrected chi connectivity index (χ3v) is 5.99. The van der Waals surface area contributed by atoms with Crippen LogP contribution in [0.3, 0.4) is 0 Å². The van der Waals surface area contributed by atoms with Crippen molar-refractivity contribution in [3.8, 4) is 0 Å². The van der Waals surface area contributed by atoms with Crippen LogP contribution in [0.4, 0.5) is 5.69 Å². The molecule has 3 rings (SSSR count). The van der Waals surface area contributed by atoms with E-state index in [1.165, 1.54) is 10.5 Å². The number of carboxylic acid groups (broad SMARTS) is 1. The highest BCUT2D eigenvalue weighted by molar-refractivity contribution is 8.00. The van der Waals surface area contributed by atoms with Gasteiger partial charge in [-0.3, -0.25) is 4.31 Å². The minimum atomic E-state index is -3.76. The average molecular weight is 324 g/mol. The number of hydrogen-bond donors (Lipinski definition) is 2. The number of aromatic carboxylic acids is 1. The average Bonchev–Trinajstić information content (AvgIpc) is 2.97. The van der Waals surface area contributed by atoms with Crippen LogP contribution in [0.15, 0.2) is 46.3 Å². The number of aromatic amines is 1. The van der Waals surface area contributed by atoms with E-state index >= 15 is 0 Å². The fraction of sp³-hybridized carbons (Fsp3) is 0.154. The highest BCUT2D eigenvalue weighted by atomic mass is 32.2. The highest BCUT2D eigenvalue weighted by Crippen LogP contribution is 2.37. The van der Waals surface area contributed by atoms with Crippen LogP contribution in [-0.4, -0.2) is 36.8 Å². The number of hydrogen-bond acceptors (Lipinski definition) is 4. The molecule has 2 aromatic rings. The smallest absolute Gasteiger partial charge is 0.352 e. The summed E-state index contributed by atoms with van der Waals surface area (Å²) in [4.78, 5) is 14.2. The van der Waals surface area contributed by atoms with Crippen molar-refractivity contribution >= 4 is 33.4 Å². The van der Waals surface area contributed by atoms with Crippen molar-refractivity contribution in [2.45, 2.75) is 9.79 Å². The van der Waals surface area contributed by atoms with E-state index in [1.54, 1.807) is 23.9 Å². The fourth-order valence-corrected chi connectivity index (χ4v) is 4.81. The van der Waals surface area contributed by atoms with Crippen LogP contribution < -0.4 is 4.31 Å². The molecule has 0 atom stereocenters.